The Morgan fingerprint density at radius 1 is 1.21 bits per heavy atom. The van der Waals surface area contributed by atoms with Gasteiger partial charge in [-0.05, 0) is 12.1 Å². The minimum Gasteiger partial charge on any atom is -0.479 e. The molecule has 0 aliphatic carbocycles. The van der Waals surface area contributed by atoms with E-state index in [-0.39, 0.29) is 13.0 Å². The summed E-state index contributed by atoms with van der Waals surface area (Å²) >= 11 is 0. The first-order chi connectivity index (χ1) is 8.84. The van der Waals surface area contributed by atoms with E-state index < -0.39 is 41.0 Å². The van der Waals surface area contributed by atoms with Crippen LogP contribution in [0.3, 0.4) is 0 Å². The summed E-state index contributed by atoms with van der Waals surface area (Å²) in [5.41, 5.74) is -0.705. The van der Waals surface area contributed by atoms with Gasteiger partial charge >= 0.3 is 5.97 Å². The summed E-state index contributed by atoms with van der Waals surface area (Å²) in [6.07, 6.45) is -1.97. The number of halogens is 3. The minimum atomic E-state index is -1.77. The van der Waals surface area contributed by atoms with Gasteiger partial charge in [0.05, 0.1) is 5.56 Å². The molecule has 0 aromatic heterocycles. The summed E-state index contributed by atoms with van der Waals surface area (Å²) in [5, 5.41) is 19.4. The molecule has 0 saturated carbocycles. The quantitative estimate of drug-likeness (QED) is 0.690. The van der Waals surface area contributed by atoms with E-state index in [1.165, 1.54) is 0 Å². The molecule has 0 saturated heterocycles. The fourth-order valence-corrected chi connectivity index (χ4v) is 1.24. The topological polar surface area (TPSA) is 86.6 Å². The smallest absolute Gasteiger partial charge is 0.332 e. The molecule has 0 fully saturated rings. The van der Waals surface area contributed by atoms with Crippen LogP contribution in [0.4, 0.5) is 13.2 Å². The second-order valence-corrected chi connectivity index (χ2v) is 3.62. The van der Waals surface area contributed by atoms with Crippen molar-refractivity contribution in [1.29, 1.82) is 0 Å². The zero-order chi connectivity index (χ0) is 14.6. The van der Waals surface area contributed by atoms with Gasteiger partial charge in [-0.3, -0.25) is 4.79 Å². The number of carboxylic acids is 1. The molecule has 0 radical (unpaired) electrons. The van der Waals surface area contributed by atoms with Crippen molar-refractivity contribution in [2.75, 3.05) is 6.54 Å². The Morgan fingerprint density at radius 2 is 1.84 bits per heavy atom. The molecule has 0 unspecified atom stereocenters. The van der Waals surface area contributed by atoms with Gasteiger partial charge < -0.3 is 15.5 Å². The number of aliphatic carboxylic acids is 1. The predicted molar refractivity (Wildman–Crippen MR) is 56.9 cm³/mol. The molecule has 0 spiro atoms. The van der Waals surface area contributed by atoms with Gasteiger partial charge in [0.25, 0.3) is 5.91 Å². The van der Waals surface area contributed by atoms with Gasteiger partial charge in [0.15, 0.2) is 23.6 Å². The maximum Gasteiger partial charge on any atom is 0.332 e. The van der Waals surface area contributed by atoms with E-state index in [2.05, 4.69) is 5.32 Å². The lowest BCUT2D eigenvalue weighted by Crippen LogP contribution is -2.30. The zero-order valence-electron chi connectivity index (χ0n) is 9.49. The van der Waals surface area contributed by atoms with Gasteiger partial charge in [0.1, 0.15) is 0 Å². The molecule has 0 heterocycles. The minimum absolute atomic E-state index is 0.259. The molecule has 0 aliphatic rings. The Labute approximate surface area is 105 Å². The molecular weight excluding hydrogens is 267 g/mol. The van der Waals surface area contributed by atoms with Crippen LogP contribution in [-0.2, 0) is 4.79 Å². The van der Waals surface area contributed by atoms with Crippen LogP contribution in [0.25, 0.3) is 0 Å². The third-order valence-corrected chi connectivity index (χ3v) is 2.27. The van der Waals surface area contributed by atoms with Crippen molar-refractivity contribution in [2.45, 2.75) is 12.5 Å². The Hall–Kier alpha value is -2.09. The van der Waals surface area contributed by atoms with Crippen LogP contribution in [0, 0.1) is 17.5 Å². The molecule has 19 heavy (non-hydrogen) atoms. The fourth-order valence-electron chi connectivity index (χ4n) is 1.24. The van der Waals surface area contributed by atoms with Crippen LogP contribution >= 0.6 is 0 Å². The zero-order valence-corrected chi connectivity index (χ0v) is 9.49. The van der Waals surface area contributed by atoms with Crippen LogP contribution in [0.1, 0.15) is 16.8 Å². The van der Waals surface area contributed by atoms with E-state index in [9.17, 15) is 22.8 Å². The maximum atomic E-state index is 13.2. The van der Waals surface area contributed by atoms with Crippen LogP contribution in [-0.4, -0.2) is 34.7 Å². The predicted octanol–water partition coefficient (Wildman–Crippen LogP) is 0.669. The molecule has 3 N–H and O–H groups in total. The number of aliphatic hydroxyl groups is 1. The average Bonchev–Trinajstić information content (AvgIpc) is 2.35. The highest BCUT2D eigenvalue weighted by Crippen LogP contribution is 2.14. The first-order valence-corrected chi connectivity index (χ1v) is 5.17. The maximum absolute atomic E-state index is 13.2. The van der Waals surface area contributed by atoms with Gasteiger partial charge in [-0.1, -0.05) is 0 Å². The first-order valence-electron chi connectivity index (χ1n) is 5.17. The van der Waals surface area contributed by atoms with Gasteiger partial charge in [-0.15, -0.1) is 0 Å². The van der Waals surface area contributed by atoms with Crippen molar-refractivity contribution >= 4 is 11.9 Å². The van der Waals surface area contributed by atoms with Gasteiger partial charge in [0, 0.05) is 13.0 Å². The largest absolute Gasteiger partial charge is 0.479 e. The van der Waals surface area contributed by atoms with Gasteiger partial charge in [-0.2, -0.15) is 0 Å². The number of carboxylic acid groups (broad SMARTS) is 1. The van der Waals surface area contributed by atoms with Crippen LogP contribution < -0.4 is 5.32 Å². The summed E-state index contributed by atoms with van der Waals surface area (Å²) in [7, 11) is 0. The van der Waals surface area contributed by atoms with Gasteiger partial charge in [0.2, 0.25) is 0 Å². The van der Waals surface area contributed by atoms with E-state index in [1.807, 2.05) is 0 Å². The van der Waals surface area contributed by atoms with Crippen molar-refractivity contribution in [2.24, 2.45) is 0 Å². The molecule has 0 bridgehead atoms. The fraction of sp³-hybridized carbons (Fsp3) is 0.273. The lowest BCUT2D eigenvalue weighted by Gasteiger charge is -2.08. The highest BCUT2D eigenvalue weighted by atomic mass is 19.2. The molecule has 1 atom stereocenters. The van der Waals surface area contributed by atoms with E-state index in [0.717, 1.165) is 6.07 Å². The molecule has 8 heteroatoms. The Balaban J connectivity index is 2.65. The molecule has 1 amide bonds. The lowest BCUT2D eigenvalue weighted by atomic mass is 10.1. The molecule has 0 aliphatic heterocycles. The SMILES string of the molecule is O=C(NCC[C@H](O)C(=O)O)c1ccc(F)c(F)c1F. The summed E-state index contributed by atoms with van der Waals surface area (Å²) < 4.78 is 38.7. The number of benzene rings is 1. The van der Waals surface area contributed by atoms with Crippen LogP contribution in [0.5, 0.6) is 0 Å². The number of aliphatic hydroxyl groups excluding tert-OH is 1. The van der Waals surface area contributed by atoms with Crippen molar-refractivity contribution in [3.05, 3.63) is 35.1 Å². The molecule has 1 aromatic carbocycles. The molecule has 1 rings (SSSR count). The number of carbonyl (C=O) groups is 2. The van der Waals surface area contributed by atoms with Crippen molar-refractivity contribution in [3.63, 3.8) is 0 Å². The molecule has 1 aromatic rings. The molecular formula is C11H10F3NO4. The normalized spacial score (nSPS) is 12.0. The summed E-state index contributed by atoms with van der Waals surface area (Å²) in [6.45, 7) is -0.259. The number of hydrogen-bond donors (Lipinski definition) is 3. The van der Waals surface area contributed by atoms with E-state index in [1.54, 1.807) is 0 Å². The van der Waals surface area contributed by atoms with Crippen molar-refractivity contribution < 1.29 is 33.0 Å². The second kappa shape index (κ2) is 6.19. The first kappa shape index (κ1) is 15.0. The summed E-state index contributed by atoms with van der Waals surface area (Å²) in [6, 6.07) is 1.36. The van der Waals surface area contributed by atoms with E-state index in [4.69, 9.17) is 10.2 Å². The number of amides is 1. The lowest BCUT2D eigenvalue weighted by molar-refractivity contribution is -0.146. The third kappa shape index (κ3) is 3.68. The average molecular weight is 277 g/mol. The van der Waals surface area contributed by atoms with Crippen LogP contribution in [0.2, 0.25) is 0 Å². The Kier molecular flexibility index (Phi) is 4.87. The second-order valence-electron chi connectivity index (χ2n) is 3.62. The Bertz CT molecular complexity index is 507. The standard InChI is InChI=1S/C11H10F3NO4/c12-6-2-1-5(8(13)9(6)14)10(17)15-4-3-7(16)11(18)19/h1-2,7,16H,3-4H2,(H,15,17)(H,18,19)/t7-/m0/s1. The highest BCUT2D eigenvalue weighted by molar-refractivity contribution is 5.94. The summed E-state index contributed by atoms with van der Waals surface area (Å²) in [4.78, 5) is 21.7. The summed E-state index contributed by atoms with van der Waals surface area (Å²) in [5.74, 6) is -7.31. The number of rotatable bonds is 5. The number of nitrogens with one attached hydrogen (secondary N) is 1. The number of carbonyl (C=O) groups excluding carboxylic acids is 1. The monoisotopic (exact) mass is 277 g/mol. The molecule has 5 nitrogen and oxygen atoms in total. The van der Waals surface area contributed by atoms with Gasteiger partial charge in [-0.25, -0.2) is 18.0 Å². The van der Waals surface area contributed by atoms with Crippen molar-refractivity contribution in [3.8, 4) is 0 Å². The van der Waals surface area contributed by atoms with E-state index in [0.29, 0.717) is 6.07 Å². The highest BCUT2D eigenvalue weighted by Gasteiger charge is 2.19. The van der Waals surface area contributed by atoms with E-state index >= 15 is 0 Å². The Morgan fingerprint density at radius 3 is 2.42 bits per heavy atom. The molecule has 104 valence electrons. The third-order valence-electron chi connectivity index (χ3n) is 2.27. The van der Waals surface area contributed by atoms with Crippen molar-refractivity contribution in [1.82, 2.24) is 5.32 Å². The van der Waals surface area contributed by atoms with Crippen LogP contribution in [0.15, 0.2) is 12.1 Å². The number of hydrogen-bond acceptors (Lipinski definition) is 3.